The van der Waals surface area contributed by atoms with Gasteiger partial charge in [-0.05, 0) is 18.1 Å². The van der Waals surface area contributed by atoms with Crippen molar-refractivity contribution in [3.05, 3.63) is 36.4 Å². The van der Waals surface area contributed by atoms with Crippen LogP contribution in [0.1, 0.15) is 5.56 Å². The molecule has 0 aliphatic rings. The molecule has 0 saturated heterocycles. The van der Waals surface area contributed by atoms with E-state index in [4.69, 9.17) is 0 Å². The summed E-state index contributed by atoms with van der Waals surface area (Å²) in [7, 11) is -0.0760. The number of sulfonamides is 1. The summed E-state index contributed by atoms with van der Waals surface area (Å²) in [6.07, 6.45) is 7.04. The molecule has 0 unspecified atom stereocenters. The zero-order chi connectivity index (χ0) is 14.6. The second-order valence-electron chi connectivity index (χ2n) is 4.29. The molecule has 0 spiro atoms. The van der Waals surface area contributed by atoms with E-state index < -0.39 is 10.0 Å². The van der Waals surface area contributed by atoms with E-state index in [1.54, 1.807) is 30.2 Å². The molecule has 0 aliphatic carbocycles. The Balaban J connectivity index is 2.04. The molecule has 0 bridgehead atoms. The second kappa shape index (κ2) is 6.02. The zero-order valence-corrected chi connectivity index (χ0v) is 12.2. The Hall–Kier alpha value is -1.93. The Morgan fingerprint density at radius 2 is 2.15 bits per heavy atom. The molecule has 0 aliphatic heterocycles. The van der Waals surface area contributed by atoms with Crippen LogP contribution in [-0.2, 0) is 23.5 Å². The number of aryl methyl sites for hydroxylation is 1. The first kappa shape index (κ1) is 14.5. The van der Waals surface area contributed by atoms with Crippen molar-refractivity contribution >= 4 is 15.7 Å². The van der Waals surface area contributed by atoms with Crippen molar-refractivity contribution in [2.24, 2.45) is 7.05 Å². The van der Waals surface area contributed by atoms with Gasteiger partial charge in [0.15, 0.2) is 0 Å². The quantitative estimate of drug-likeness (QED) is 0.804. The highest BCUT2D eigenvalue weighted by Gasteiger charge is 2.17. The van der Waals surface area contributed by atoms with Crippen LogP contribution in [-0.4, -0.2) is 36.8 Å². The summed E-state index contributed by atoms with van der Waals surface area (Å²) in [6.45, 7) is 0.312. The van der Waals surface area contributed by atoms with Gasteiger partial charge in [0.2, 0.25) is 10.0 Å². The number of pyridine rings is 1. The van der Waals surface area contributed by atoms with Crippen molar-refractivity contribution in [3.8, 4) is 0 Å². The number of anilines is 1. The molecule has 0 radical (unpaired) electrons. The van der Waals surface area contributed by atoms with Crippen LogP contribution in [0.3, 0.4) is 0 Å². The lowest BCUT2D eigenvalue weighted by Crippen LogP contribution is -2.26. The molecule has 8 heteroatoms. The predicted molar refractivity (Wildman–Crippen MR) is 75.9 cm³/mol. The van der Waals surface area contributed by atoms with Crippen LogP contribution in [0.4, 0.5) is 5.69 Å². The Bertz CT molecular complexity index is 681. The Labute approximate surface area is 118 Å². The average Bonchev–Trinajstić information content (AvgIpc) is 2.84. The van der Waals surface area contributed by atoms with Gasteiger partial charge in [-0.15, -0.1) is 0 Å². The number of aromatic nitrogens is 3. The van der Waals surface area contributed by atoms with Gasteiger partial charge >= 0.3 is 0 Å². The molecule has 0 amide bonds. The normalized spacial score (nSPS) is 11.5. The molecule has 2 rings (SSSR count). The van der Waals surface area contributed by atoms with Gasteiger partial charge in [0, 0.05) is 39.2 Å². The highest BCUT2D eigenvalue weighted by Crippen LogP contribution is 2.18. The lowest BCUT2D eigenvalue weighted by molar-refractivity contribution is 0.581. The van der Waals surface area contributed by atoms with Gasteiger partial charge in [0.1, 0.15) is 4.90 Å². The molecule has 20 heavy (non-hydrogen) atoms. The van der Waals surface area contributed by atoms with Crippen molar-refractivity contribution in [1.82, 2.24) is 19.5 Å². The molecule has 108 valence electrons. The summed E-state index contributed by atoms with van der Waals surface area (Å²) in [5, 5.41) is 6.88. The van der Waals surface area contributed by atoms with Crippen LogP contribution >= 0.6 is 0 Å². The first-order valence-electron chi connectivity index (χ1n) is 6.12. The topological polar surface area (TPSA) is 88.9 Å². The van der Waals surface area contributed by atoms with Gasteiger partial charge in [0.25, 0.3) is 0 Å². The SMILES string of the molecule is CNc1ccncc1S(=O)(=O)NCCc1cnn(C)c1. The molecule has 0 saturated carbocycles. The van der Waals surface area contributed by atoms with Gasteiger partial charge < -0.3 is 5.32 Å². The standard InChI is InChI=1S/C12H17N5O2S/c1-13-11-4-5-14-8-12(11)20(18,19)16-6-3-10-7-15-17(2)9-10/h4-5,7-9,16H,3,6H2,1-2H3,(H,13,14). The second-order valence-corrected chi connectivity index (χ2v) is 6.03. The molecule has 0 atom stereocenters. The third-order valence-corrected chi connectivity index (χ3v) is 4.30. The minimum Gasteiger partial charge on any atom is -0.387 e. The Morgan fingerprint density at radius 3 is 2.80 bits per heavy atom. The van der Waals surface area contributed by atoms with Gasteiger partial charge in [-0.25, -0.2) is 13.1 Å². The van der Waals surface area contributed by atoms with E-state index in [2.05, 4.69) is 20.1 Å². The third-order valence-electron chi connectivity index (χ3n) is 2.81. The number of hydrogen-bond acceptors (Lipinski definition) is 5. The van der Waals surface area contributed by atoms with Crippen molar-refractivity contribution in [3.63, 3.8) is 0 Å². The predicted octanol–water partition coefficient (Wildman–Crippen LogP) is 0.378. The maximum absolute atomic E-state index is 12.2. The molecule has 2 heterocycles. The van der Waals surface area contributed by atoms with E-state index in [-0.39, 0.29) is 4.90 Å². The largest absolute Gasteiger partial charge is 0.387 e. The number of hydrogen-bond donors (Lipinski definition) is 2. The molecule has 0 aromatic carbocycles. The number of rotatable bonds is 6. The Morgan fingerprint density at radius 1 is 1.35 bits per heavy atom. The smallest absolute Gasteiger partial charge is 0.244 e. The van der Waals surface area contributed by atoms with E-state index in [1.165, 1.54) is 6.20 Å². The third kappa shape index (κ3) is 3.34. The van der Waals surface area contributed by atoms with Gasteiger partial charge in [-0.1, -0.05) is 0 Å². The molecule has 2 aromatic heterocycles. The van der Waals surface area contributed by atoms with E-state index >= 15 is 0 Å². The van der Waals surface area contributed by atoms with Crippen LogP contribution in [0.2, 0.25) is 0 Å². The fourth-order valence-electron chi connectivity index (χ4n) is 1.81. The van der Waals surface area contributed by atoms with E-state index in [0.29, 0.717) is 18.7 Å². The lowest BCUT2D eigenvalue weighted by atomic mass is 10.3. The zero-order valence-electron chi connectivity index (χ0n) is 11.4. The van der Waals surface area contributed by atoms with Crippen LogP contribution in [0, 0.1) is 0 Å². The summed E-state index contributed by atoms with van der Waals surface area (Å²) in [4.78, 5) is 4.00. The highest BCUT2D eigenvalue weighted by molar-refractivity contribution is 7.89. The van der Waals surface area contributed by atoms with Crippen LogP contribution in [0.25, 0.3) is 0 Å². The van der Waals surface area contributed by atoms with Crippen molar-refractivity contribution < 1.29 is 8.42 Å². The first-order valence-corrected chi connectivity index (χ1v) is 7.60. The summed E-state index contributed by atoms with van der Waals surface area (Å²) in [5.41, 5.74) is 1.50. The summed E-state index contributed by atoms with van der Waals surface area (Å²) in [5.74, 6) is 0. The molecular formula is C12H17N5O2S. The maximum Gasteiger partial charge on any atom is 0.244 e. The van der Waals surface area contributed by atoms with Crippen LogP contribution in [0.5, 0.6) is 0 Å². The molecule has 2 N–H and O–H groups in total. The minimum atomic E-state index is -3.57. The average molecular weight is 295 g/mol. The van der Waals surface area contributed by atoms with Crippen LogP contribution < -0.4 is 10.0 Å². The summed E-state index contributed by atoms with van der Waals surface area (Å²) >= 11 is 0. The minimum absolute atomic E-state index is 0.147. The molecule has 7 nitrogen and oxygen atoms in total. The van der Waals surface area contributed by atoms with Crippen LogP contribution in [0.15, 0.2) is 35.7 Å². The highest BCUT2D eigenvalue weighted by atomic mass is 32.2. The lowest BCUT2D eigenvalue weighted by Gasteiger charge is -2.10. The van der Waals surface area contributed by atoms with Gasteiger partial charge in [-0.2, -0.15) is 5.10 Å². The summed E-state index contributed by atoms with van der Waals surface area (Å²) in [6, 6.07) is 1.62. The van der Waals surface area contributed by atoms with Gasteiger partial charge in [0.05, 0.1) is 11.9 Å². The maximum atomic E-state index is 12.2. The monoisotopic (exact) mass is 295 g/mol. The molecule has 0 fully saturated rings. The number of nitrogens with one attached hydrogen (secondary N) is 2. The summed E-state index contributed by atoms with van der Waals surface area (Å²) < 4.78 is 28.6. The number of nitrogens with zero attached hydrogens (tertiary/aromatic N) is 3. The van der Waals surface area contributed by atoms with Crippen molar-refractivity contribution in [2.45, 2.75) is 11.3 Å². The fourth-order valence-corrected chi connectivity index (χ4v) is 2.99. The van der Waals surface area contributed by atoms with Gasteiger partial charge in [-0.3, -0.25) is 9.67 Å². The first-order chi connectivity index (χ1) is 9.53. The van der Waals surface area contributed by atoms with E-state index in [0.717, 1.165) is 5.56 Å². The Kier molecular flexibility index (Phi) is 4.35. The van der Waals surface area contributed by atoms with E-state index in [1.807, 2.05) is 13.2 Å². The molecular weight excluding hydrogens is 278 g/mol. The van der Waals surface area contributed by atoms with Crippen molar-refractivity contribution in [1.29, 1.82) is 0 Å². The fraction of sp³-hybridized carbons (Fsp3) is 0.333. The molecule has 2 aromatic rings. The van der Waals surface area contributed by atoms with E-state index in [9.17, 15) is 8.42 Å². The van der Waals surface area contributed by atoms with Crippen molar-refractivity contribution in [2.75, 3.05) is 18.9 Å².